The smallest absolute Gasteiger partial charge is 0.339 e. The van der Waals surface area contributed by atoms with Crippen LogP contribution in [0, 0.1) is 11.3 Å². The minimum atomic E-state index is -1.17. The lowest BCUT2D eigenvalue weighted by Gasteiger charge is -2.07. The van der Waals surface area contributed by atoms with Gasteiger partial charge in [-0.2, -0.15) is 5.26 Å². The van der Waals surface area contributed by atoms with Gasteiger partial charge in [-0.15, -0.1) is 0 Å². The molecule has 0 unspecified atom stereocenters. The first-order valence-electron chi connectivity index (χ1n) is 4.56. The molecule has 2 aromatic rings. The van der Waals surface area contributed by atoms with Crippen molar-refractivity contribution in [3.8, 4) is 11.9 Å². The molecule has 0 saturated heterocycles. The topological polar surface area (TPSA) is 118 Å². The van der Waals surface area contributed by atoms with Crippen LogP contribution in [0.4, 0.5) is 5.69 Å². The fraction of sp³-hybridized carbons (Fsp3) is 0. The number of nitrogens with two attached hydrogens (primary N) is 1. The molecule has 7 heteroatoms. The summed E-state index contributed by atoms with van der Waals surface area (Å²) >= 11 is 0. The second-order valence-corrected chi connectivity index (χ2v) is 3.18. The van der Waals surface area contributed by atoms with Crippen LogP contribution in [-0.2, 0) is 0 Å². The number of carboxylic acid groups (broad SMARTS) is 1. The molecule has 0 fully saturated rings. The van der Waals surface area contributed by atoms with Crippen LogP contribution >= 0.6 is 0 Å². The summed E-state index contributed by atoms with van der Waals surface area (Å²) in [5, 5.41) is 17.9. The third-order valence-electron chi connectivity index (χ3n) is 2.09. The van der Waals surface area contributed by atoms with Crippen LogP contribution in [0.25, 0.3) is 5.82 Å². The fourth-order valence-corrected chi connectivity index (χ4v) is 1.38. The van der Waals surface area contributed by atoms with E-state index in [2.05, 4.69) is 9.97 Å². The molecule has 0 aromatic carbocycles. The Balaban J connectivity index is 2.68. The number of rotatable bonds is 2. The lowest BCUT2D eigenvalue weighted by atomic mass is 10.2. The molecule has 0 bridgehead atoms. The minimum absolute atomic E-state index is 0.0600. The molecule has 84 valence electrons. The maximum atomic E-state index is 11.1. The summed E-state index contributed by atoms with van der Waals surface area (Å²) in [5.74, 6) is -0.997. The van der Waals surface area contributed by atoms with Crippen molar-refractivity contribution in [2.75, 3.05) is 5.73 Å². The zero-order valence-corrected chi connectivity index (χ0v) is 8.53. The highest BCUT2D eigenvalue weighted by Crippen LogP contribution is 2.16. The Kier molecular flexibility index (Phi) is 2.46. The number of nitrogen functional groups attached to an aromatic ring is 1. The molecule has 0 atom stereocenters. The SMILES string of the molecule is N#Cc1nccn1-c1ncc(N)cc1C(=O)O. The Bertz CT molecular complexity index is 626. The van der Waals surface area contributed by atoms with E-state index in [0.29, 0.717) is 0 Å². The van der Waals surface area contributed by atoms with E-state index in [0.717, 1.165) is 0 Å². The van der Waals surface area contributed by atoms with Gasteiger partial charge in [-0.25, -0.2) is 14.8 Å². The molecule has 2 rings (SSSR count). The van der Waals surface area contributed by atoms with Gasteiger partial charge in [0, 0.05) is 12.4 Å². The largest absolute Gasteiger partial charge is 0.478 e. The first-order chi connectivity index (χ1) is 8.13. The summed E-state index contributed by atoms with van der Waals surface area (Å²) in [7, 11) is 0. The molecular weight excluding hydrogens is 222 g/mol. The molecule has 17 heavy (non-hydrogen) atoms. The zero-order valence-electron chi connectivity index (χ0n) is 8.53. The first-order valence-corrected chi connectivity index (χ1v) is 4.56. The van der Waals surface area contributed by atoms with E-state index in [9.17, 15) is 4.79 Å². The van der Waals surface area contributed by atoms with E-state index in [1.165, 1.54) is 29.2 Å². The summed E-state index contributed by atoms with van der Waals surface area (Å²) in [4.78, 5) is 18.7. The molecule has 0 aliphatic rings. The average molecular weight is 229 g/mol. The molecule has 0 saturated carbocycles. The van der Waals surface area contributed by atoms with E-state index >= 15 is 0 Å². The maximum absolute atomic E-state index is 11.1. The molecule has 0 radical (unpaired) electrons. The molecule has 2 heterocycles. The van der Waals surface area contributed by atoms with Gasteiger partial charge in [-0.1, -0.05) is 0 Å². The molecule has 0 aliphatic heterocycles. The number of nitrogens with zero attached hydrogens (tertiary/aromatic N) is 4. The lowest BCUT2D eigenvalue weighted by molar-refractivity contribution is 0.0696. The molecule has 0 spiro atoms. The van der Waals surface area contributed by atoms with Crippen molar-refractivity contribution in [2.45, 2.75) is 0 Å². The molecule has 0 amide bonds. The number of anilines is 1. The van der Waals surface area contributed by atoms with Gasteiger partial charge >= 0.3 is 5.97 Å². The third kappa shape index (κ3) is 1.79. The maximum Gasteiger partial charge on any atom is 0.339 e. The van der Waals surface area contributed by atoms with Gasteiger partial charge in [-0.05, 0) is 6.07 Å². The summed E-state index contributed by atoms with van der Waals surface area (Å²) in [6, 6.07) is 3.13. The number of aromatic nitrogens is 3. The van der Waals surface area contributed by atoms with Crippen LogP contribution in [0.3, 0.4) is 0 Å². The average Bonchev–Trinajstić information content (AvgIpc) is 2.76. The van der Waals surface area contributed by atoms with Gasteiger partial charge in [0.1, 0.15) is 11.6 Å². The number of carbonyl (C=O) groups is 1. The number of pyridine rings is 1. The Hall–Kier alpha value is -2.88. The first kappa shape index (κ1) is 10.6. The number of imidazole rings is 1. The Morgan fingerprint density at radius 3 is 2.94 bits per heavy atom. The highest BCUT2D eigenvalue weighted by molar-refractivity contribution is 5.92. The van der Waals surface area contributed by atoms with Gasteiger partial charge in [-0.3, -0.25) is 4.57 Å². The number of hydrogen-bond acceptors (Lipinski definition) is 5. The van der Waals surface area contributed by atoms with Crippen LogP contribution in [0.1, 0.15) is 16.2 Å². The molecule has 7 nitrogen and oxygen atoms in total. The van der Waals surface area contributed by atoms with Gasteiger partial charge < -0.3 is 10.8 Å². The van der Waals surface area contributed by atoms with Crippen molar-refractivity contribution in [1.82, 2.24) is 14.5 Å². The summed E-state index contributed by atoms with van der Waals surface area (Å²) in [6.07, 6.45) is 4.18. The van der Waals surface area contributed by atoms with Crippen LogP contribution in [0.5, 0.6) is 0 Å². The lowest BCUT2D eigenvalue weighted by Crippen LogP contribution is -2.09. The summed E-state index contributed by atoms with van der Waals surface area (Å²) in [6.45, 7) is 0. The van der Waals surface area contributed by atoms with Gasteiger partial charge in [0.15, 0.2) is 5.82 Å². The van der Waals surface area contributed by atoms with E-state index in [1.807, 2.05) is 6.07 Å². The van der Waals surface area contributed by atoms with Crippen LogP contribution in [0.15, 0.2) is 24.7 Å². The molecule has 0 aliphatic carbocycles. The van der Waals surface area contributed by atoms with Crippen molar-refractivity contribution in [3.05, 3.63) is 36.0 Å². The minimum Gasteiger partial charge on any atom is -0.478 e. The number of hydrogen-bond donors (Lipinski definition) is 2. The number of nitriles is 1. The Morgan fingerprint density at radius 2 is 2.29 bits per heavy atom. The highest BCUT2D eigenvalue weighted by atomic mass is 16.4. The van der Waals surface area contributed by atoms with Gasteiger partial charge in [0.2, 0.25) is 5.82 Å². The molecule has 3 N–H and O–H groups in total. The van der Waals surface area contributed by atoms with Gasteiger partial charge in [0.25, 0.3) is 0 Å². The van der Waals surface area contributed by atoms with Crippen LogP contribution < -0.4 is 5.73 Å². The quantitative estimate of drug-likeness (QED) is 0.770. The van der Waals surface area contributed by atoms with Crippen molar-refractivity contribution in [3.63, 3.8) is 0 Å². The van der Waals surface area contributed by atoms with Crippen LogP contribution in [-0.4, -0.2) is 25.6 Å². The van der Waals surface area contributed by atoms with Gasteiger partial charge in [0.05, 0.1) is 11.9 Å². The normalized spacial score (nSPS) is 9.82. The van der Waals surface area contributed by atoms with Crippen LogP contribution in [0.2, 0.25) is 0 Å². The number of carboxylic acids is 1. The molecular formula is C10H7N5O2. The third-order valence-corrected chi connectivity index (χ3v) is 2.09. The highest BCUT2D eigenvalue weighted by Gasteiger charge is 2.16. The van der Waals surface area contributed by atoms with E-state index < -0.39 is 5.97 Å². The second kappa shape index (κ2) is 3.94. The second-order valence-electron chi connectivity index (χ2n) is 3.18. The van der Waals surface area contributed by atoms with Crippen molar-refractivity contribution in [1.29, 1.82) is 5.26 Å². The van der Waals surface area contributed by atoms with Crippen molar-refractivity contribution >= 4 is 11.7 Å². The zero-order chi connectivity index (χ0) is 12.4. The fourth-order valence-electron chi connectivity index (χ4n) is 1.38. The molecule has 2 aromatic heterocycles. The van der Waals surface area contributed by atoms with E-state index in [1.54, 1.807) is 0 Å². The van der Waals surface area contributed by atoms with E-state index in [4.69, 9.17) is 16.1 Å². The Labute approximate surface area is 95.8 Å². The predicted octanol–water partition coefficient (Wildman–Crippen LogP) is 0.419. The summed E-state index contributed by atoms with van der Waals surface area (Å²) < 4.78 is 1.29. The van der Waals surface area contributed by atoms with E-state index in [-0.39, 0.29) is 22.9 Å². The van der Waals surface area contributed by atoms with Crippen molar-refractivity contribution in [2.24, 2.45) is 0 Å². The standard InChI is InChI=1S/C10H7N5O2/c11-4-8-13-1-2-15(8)9-7(10(16)17)3-6(12)5-14-9/h1-3,5H,12H2,(H,16,17). The number of aromatic carboxylic acids is 1. The monoisotopic (exact) mass is 229 g/mol. The Morgan fingerprint density at radius 1 is 1.53 bits per heavy atom. The predicted molar refractivity (Wildman–Crippen MR) is 57.4 cm³/mol. The summed E-state index contributed by atoms with van der Waals surface area (Å²) in [5.41, 5.74) is 5.63. The van der Waals surface area contributed by atoms with Crippen molar-refractivity contribution < 1.29 is 9.90 Å².